The second-order valence-electron chi connectivity index (χ2n) is 3.44. The third-order valence-corrected chi connectivity index (χ3v) is 3.29. The van der Waals surface area contributed by atoms with Gasteiger partial charge in [0.1, 0.15) is 0 Å². The highest BCUT2D eigenvalue weighted by Gasteiger charge is 2.08. The molecular formula is C11H11BrN2. The van der Waals surface area contributed by atoms with Crippen molar-refractivity contribution in [3.8, 4) is 0 Å². The first-order valence-corrected chi connectivity index (χ1v) is 5.28. The van der Waals surface area contributed by atoms with Crippen LogP contribution in [-0.4, -0.2) is 9.97 Å². The zero-order valence-corrected chi connectivity index (χ0v) is 10.0. The Morgan fingerprint density at radius 3 is 2.57 bits per heavy atom. The van der Waals surface area contributed by atoms with Crippen molar-refractivity contribution >= 4 is 27.0 Å². The minimum Gasteiger partial charge on any atom is -0.237 e. The van der Waals surface area contributed by atoms with E-state index in [0.29, 0.717) is 0 Å². The fraction of sp³-hybridized carbons (Fsp3) is 0.273. The third-order valence-electron chi connectivity index (χ3n) is 2.63. The van der Waals surface area contributed by atoms with E-state index in [9.17, 15) is 0 Å². The van der Waals surface area contributed by atoms with E-state index in [1.165, 1.54) is 11.1 Å². The summed E-state index contributed by atoms with van der Waals surface area (Å²) in [5.41, 5.74) is 4.37. The Balaban J connectivity index is 2.99. The molecule has 0 amide bonds. The highest BCUT2D eigenvalue weighted by atomic mass is 79.9. The summed E-state index contributed by atoms with van der Waals surface area (Å²) < 4.78 is 1.07. The Morgan fingerprint density at radius 1 is 1.14 bits per heavy atom. The fourth-order valence-corrected chi connectivity index (χ4v) is 2.15. The van der Waals surface area contributed by atoms with Crippen LogP contribution in [0, 0.1) is 20.8 Å². The van der Waals surface area contributed by atoms with Crippen LogP contribution in [0.5, 0.6) is 0 Å². The number of aryl methyl sites for hydroxylation is 2. The lowest BCUT2D eigenvalue weighted by Crippen LogP contribution is -1.95. The number of hydrogen-bond donors (Lipinski definition) is 0. The van der Waals surface area contributed by atoms with Crippen LogP contribution in [-0.2, 0) is 0 Å². The molecule has 0 aliphatic heterocycles. The molecule has 0 radical (unpaired) electrons. The molecule has 0 aromatic carbocycles. The van der Waals surface area contributed by atoms with E-state index in [1.807, 2.05) is 13.0 Å². The second kappa shape index (κ2) is 3.31. The molecule has 0 aliphatic rings. The van der Waals surface area contributed by atoms with E-state index in [4.69, 9.17) is 0 Å². The van der Waals surface area contributed by atoms with E-state index >= 15 is 0 Å². The van der Waals surface area contributed by atoms with Gasteiger partial charge < -0.3 is 0 Å². The molecular weight excluding hydrogens is 240 g/mol. The molecule has 2 aromatic heterocycles. The SMILES string of the molecule is Cc1nc2nccc(Br)c2c(C)c1C. The van der Waals surface area contributed by atoms with Gasteiger partial charge in [-0.05, 0) is 53.9 Å². The molecule has 2 aromatic rings. The van der Waals surface area contributed by atoms with Crippen LogP contribution in [0.25, 0.3) is 11.0 Å². The van der Waals surface area contributed by atoms with Crippen molar-refractivity contribution in [1.82, 2.24) is 9.97 Å². The predicted molar refractivity (Wildman–Crippen MR) is 61.4 cm³/mol. The molecule has 72 valence electrons. The maximum atomic E-state index is 4.46. The van der Waals surface area contributed by atoms with Crippen molar-refractivity contribution in [3.63, 3.8) is 0 Å². The van der Waals surface area contributed by atoms with Gasteiger partial charge in [0.05, 0.1) is 0 Å². The van der Waals surface area contributed by atoms with Crippen LogP contribution in [0.15, 0.2) is 16.7 Å². The maximum absolute atomic E-state index is 4.46. The first kappa shape index (κ1) is 9.59. The maximum Gasteiger partial charge on any atom is 0.160 e. The largest absolute Gasteiger partial charge is 0.237 e. The summed E-state index contributed by atoms with van der Waals surface area (Å²) in [6.45, 7) is 6.22. The highest BCUT2D eigenvalue weighted by Crippen LogP contribution is 2.27. The highest BCUT2D eigenvalue weighted by molar-refractivity contribution is 9.10. The lowest BCUT2D eigenvalue weighted by atomic mass is 10.1. The summed E-state index contributed by atoms with van der Waals surface area (Å²) in [6, 6.07) is 1.95. The van der Waals surface area contributed by atoms with Gasteiger partial charge in [-0.15, -0.1) is 0 Å². The van der Waals surface area contributed by atoms with Gasteiger partial charge in [-0.25, -0.2) is 9.97 Å². The molecule has 2 heterocycles. The topological polar surface area (TPSA) is 25.8 Å². The molecule has 0 atom stereocenters. The molecule has 0 aliphatic carbocycles. The molecule has 0 N–H and O–H groups in total. The smallest absolute Gasteiger partial charge is 0.160 e. The zero-order chi connectivity index (χ0) is 10.3. The lowest BCUT2D eigenvalue weighted by Gasteiger charge is -2.08. The van der Waals surface area contributed by atoms with Gasteiger partial charge >= 0.3 is 0 Å². The van der Waals surface area contributed by atoms with Crippen LogP contribution >= 0.6 is 15.9 Å². The number of aromatic nitrogens is 2. The van der Waals surface area contributed by atoms with Gasteiger partial charge in [-0.3, -0.25) is 0 Å². The van der Waals surface area contributed by atoms with E-state index in [1.54, 1.807) is 6.20 Å². The molecule has 0 spiro atoms. The van der Waals surface area contributed by atoms with Crippen molar-refractivity contribution in [2.24, 2.45) is 0 Å². The van der Waals surface area contributed by atoms with Gasteiger partial charge in [-0.2, -0.15) is 0 Å². The van der Waals surface area contributed by atoms with Gasteiger partial charge in [0, 0.05) is 21.7 Å². The van der Waals surface area contributed by atoms with Crippen molar-refractivity contribution < 1.29 is 0 Å². The molecule has 0 fully saturated rings. The van der Waals surface area contributed by atoms with Gasteiger partial charge in [0.15, 0.2) is 5.65 Å². The van der Waals surface area contributed by atoms with Crippen LogP contribution in [0.3, 0.4) is 0 Å². The number of pyridine rings is 2. The summed E-state index contributed by atoms with van der Waals surface area (Å²) in [5.74, 6) is 0. The van der Waals surface area contributed by atoms with Crippen molar-refractivity contribution in [2.45, 2.75) is 20.8 Å². The van der Waals surface area contributed by atoms with Gasteiger partial charge in [0.2, 0.25) is 0 Å². The van der Waals surface area contributed by atoms with Crippen molar-refractivity contribution in [1.29, 1.82) is 0 Å². The first-order chi connectivity index (χ1) is 6.61. The summed E-state index contributed by atoms with van der Waals surface area (Å²) in [6.07, 6.45) is 1.77. The standard InChI is InChI=1S/C11H11BrN2/c1-6-7(2)10-9(12)4-5-13-11(10)14-8(6)3/h4-5H,1-3H3. The molecule has 0 bridgehead atoms. The minimum absolute atomic E-state index is 0.819. The Kier molecular flexibility index (Phi) is 2.27. The number of rotatable bonds is 0. The lowest BCUT2D eigenvalue weighted by molar-refractivity contribution is 1.13. The molecule has 3 heteroatoms. The molecule has 2 nitrogen and oxygen atoms in total. The predicted octanol–water partition coefficient (Wildman–Crippen LogP) is 3.32. The number of nitrogens with zero attached hydrogens (tertiary/aromatic N) is 2. The van der Waals surface area contributed by atoms with Gasteiger partial charge in [0.25, 0.3) is 0 Å². The van der Waals surface area contributed by atoms with E-state index in [-0.39, 0.29) is 0 Å². The van der Waals surface area contributed by atoms with Crippen LogP contribution in [0.4, 0.5) is 0 Å². The van der Waals surface area contributed by atoms with E-state index in [0.717, 1.165) is 21.2 Å². The second-order valence-corrected chi connectivity index (χ2v) is 4.29. The summed E-state index contributed by atoms with van der Waals surface area (Å²) in [5, 5.41) is 1.12. The minimum atomic E-state index is 0.819. The van der Waals surface area contributed by atoms with Crippen LogP contribution in [0.1, 0.15) is 16.8 Å². The Bertz CT molecular complexity index is 506. The third kappa shape index (κ3) is 1.32. The quantitative estimate of drug-likeness (QED) is 0.717. The zero-order valence-electron chi connectivity index (χ0n) is 8.43. The molecule has 0 unspecified atom stereocenters. The Labute approximate surface area is 91.5 Å². The molecule has 0 saturated carbocycles. The summed E-state index contributed by atoms with van der Waals surface area (Å²) >= 11 is 3.53. The fourth-order valence-electron chi connectivity index (χ4n) is 1.56. The van der Waals surface area contributed by atoms with E-state index in [2.05, 4.69) is 39.7 Å². The summed E-state index contributed by atoms with van der Waals surface area (Å²) in [7, 11) is 0. The molecule has 0 saturated heterocycles. The monoisotopic (exact) mass is 250 g/mol. The van der Waals surface area contributed by atoms with Crippen LogP contribution < -0.4 is 0 Å². The van der Waals surface area contributed by atoms with Crippen molar-refractivity contribution in [3.05, 3.63) is 33.6 Å². The molecule has 14 heavy (non-hydrogen) atoms. The Hall–Kier alpha value is -0.960. The van der Waals surface area contributed by atoms with Crippen LogP contribution in [0.2, 0.25) is 0 Å². The first-order valence-electron chi connectivity index (χ1n) is 4.49. The molecule has 2 rings (SSSR count). The number of hydrogen-bond acceptors (Lipinski definition) is 2. The van der Waals surface area contributed by atoms with E-state index < -0.39 is 0 Å². The number of fused-ring (bicyclic) bond motifs is 1. The number of halogens is 1. The Morgan fingerprint density at radius 2 is 1.86 bits per heavy atom. The normalized spacial score (nSPS) is 10.9. The summed E-state index contributed by atoms with van der Waals surface area (Å²) in [4.78, 5) is 8.72. The van der Waals surface area contributed by atoms with Gasteiger partial charge in [-0.1, -0.05) is 0 Å². The average Bonchev–Trinajstić information content (AvgIpc) is 2.14. The average molecular weight is 251 g/mol. The van der Waals surface area contributed by atoms with Crippen molar-refractivity contribution in [2.75, 3.05) is 0 Å².